The van der Waals surface area contributed by atoms with Crippen LogP contribution in [0, 0.1) is 11.3 Å². The lowest BCUT2D eigenvalue weighted by Gasteiger charge is -2.06. The van der Waals surface area contributed by atoms with E-state index in [0.717, 1.165) is 11.3 Å². The lowest BCUT2D eigenvalue weighted by atomic mass is 10.2. The van der Waals surface area contributed by atoms with Crippen molar-refractivity contribution in [1.29, 1.82) is 5.26 Å². The van der Waals surface area contributed by atoms with E-state index in [0.29, 0.717) is 17.8 Å². The van der Waals surface area contributed by atoms with Crippen molar-refractivity contribution in [3.63, 3.8) is 0 Å². The Hall–Kier alpha value is -3.59. The second kappa shape index (κ2) is 7.11. The van der Waals surface area contributed by atoms with E-state index in [-0.39, 0.29) is 6.03 Å². The van der Waals surface area contributed by atoms with Gasteiger partial charge in [-0.15, -0.1) is 0 Å². The molecule has 0 atom stereocenters. The minimum absolute atomic E-state index is 0.313. The van der Waals surface area contributed by atoms with Crippen LogP contribution in [0.3, 0.4) is 0 Å². The van der Waals surface area contributed by atoms with Crippen LogP contribution in [0.2, 0.25) is 0 Å². The zero-order valence-corrected chi connectivity index (χ0v) is 12.8. The highest BCUT2D eigenvalue weighted by Crippen LogP contribution is 2.09. The first-order valence-electron chi connectivity index (χ1n) is 7.38. The zero-order chi connectivity index (χ0) is 16.8. The molecule has 2 N–H and O–H groups in total. The Morgan fingerprint density at radius 2 is 1.88 bits per heavy atom. The van der Waals surface area contributed by atoms with E-state index >= 15 is 0 Å². The number of carbonyl (C=O) groups excluding carboxylic acids is 1. The van der Waals surface area contributed by atoms with Crippen LogP contribution < -0.4 is 10.6 Å². The first kappa shape index (κ1) is 15.3. The van der Waals surface area contributed by atoms with E-state index in [4.69, 9.17) is 5.26 Å². The molecule has 1 aromatic heterocycles. The third kappa shape index (κ3) is 3.78. The van der Waals surface area contributed by atoms with E-state index in [2.05, 4.69) is 15.7 Å². The molecule has 6 heteroatoms. The van der Waals surface area contributed by atoms with Gasteiger partial charge in [0.2, 0.25) is 0 Å². The molecule has 0 radical (unpaired) electrons. The Morgan fingerprint density at radius 1 is 1.12 bits per heavy atom. The molecule has 3 aromatic rings. The summed E-state index contributed by atoms with van der Waals surface area (Å²) < 4.78 is 1.76. The number of carbonyl (C=O) groups is 1. The Morgan fingerprint density at radius 3 is 2.58 bits per heavy atom. The smallest absolute Gasteiger partial charge is 0.319 e. The van der Waals surface area contributed by atoms with Crippen molar-refractivity contribution in [2.75, 3.05) is 5.32 Å². The Balaban J connectivity index is 1.55. The predicted octanol–water partition coefficient (Wildman–Crippen LogP) is 3.07. The van der Waals surface area contributed by atoms with Gasteiger partial charge in [-0.3, -0.25) is 0 Å². The lowest BCUT2D eigenvalue weighted by Crippen LogP contribution is -2.28. The summed E-state index contributed by atoms with van der Waals surface area (Å²) in [5, 5.41) is 18.5. The van der Waals surface area contributed by atoms with Crippen molar-refractivity contribution in [2.24, 2.45) is 0 Å². The van der Waals surface area contributed by atoms with Crippen molar-refractivity contribution in [1.82, 2.24) is 15.1 Å². The summed E-state index contributed by atoms with van der Waals surface area (Å²) in [6.45, 7) is 0.370. The van der Waals surface area contributed by atoms with E-state index in [1.165, 1.54) is 0 Å². The van der Waals surface area contributed by atoms with E-state index in [1.807, 2.05) is 42.6 Å². The highest BCUT2D eigenvalue weighted by molar-refractivity contribution is 5.89. The number of hydrogen-bond acceptors (Lipinski definition) is 3. The molecule has 0 aliphatic rings. The number of nitrogens with one attached hydrogen (secondary N) is 2. The maximum Gasteiger partial charge on any atom is 0.319 e. The van der Waals surface area contributed by atoms with Gasteiger partial charge >= 0.3 is 6.03 Å². The van der Waals surface area contributed by atoms with Gasteiger partial charge in [-0.25, -0.2) is 9.48 Å². The van der Waals surface area contributed by atoms with Crippen LogP contribution in [-0.2, 0) is 6.54 Å². The molecular weight excluding hydrogens is 302 g/mol. The Bertz CT molecular complexity index is 862. The van der Waals surface area contributed by atoms with Gasteiger partial charge in [0, 0.05) is 24.0 Å². The minimum atomic E-state index is -0.313. The molecule has 0 spiro atoms. The van der Waals surface area contributed by atoms with Gasteiger partial charge in [-0.2, -0.15) is 10.4 Å². The standard InChI is InChI=1S/C18H15N5O/c19-10-14-6-8-16(9-7-14)22-18(24)20-11-15-12-21-23(13-15)17-4-2-1-3-5-17/h1-9,12-13H,11H2,(H2,20,22,24). The topological polar surface area (TPSA) is 82.7 Å². The summed E-state index contributed by atoms with van der Waals surface area (Å²) in [4.78, 5) is 11.9. The normalized spacial score (nSPS) is 9.96. The van der Waals surface area contributed by atoms with Gasteiger partial charge < -0.3 is 10.6 Å². The summed E-state index contributed by atoms with van der Waals surface area (Å²) in [5.41, 5.74) is 3.04. The minimum Gasteiger partial charge on any atom is -0.334 e. The number of nitrogens with zero attached hydrogens (tertiary/aromatic N) is 3. The highest BCUT2D eigenvalue weighted by Gasteiger charge is 2.04. The van der Waals surface area contributed by atoms with Crippen LogP contribution in [0.15, 0.2) is 67.0 Å². The molecule has 0 saturated heterocycles. The number of amides is 2. The molecule has 1 heterocycles. The fraction of sp³-hybridized carbons (Fsp3) is 0.0556. The first-order chi connectivity index (χ1) is 11.7. The molecule has 6 nitrogen and oxygen atoms in total. The van der Waals surface area contributed by atoms with Gasteiger partial charge in [-0.1, -0.05) is 18.2 Å². The average molecular weight is 317 g/mol. The Labute approximate surface area is 139 Å². The van der Waals surface area contributed by atoms with Crippen LogP contribution >= 0.6 is 0 Å². The van der Waals surface area contributed by atoms with Gasteiger partial charge in [0.05, 0.1) is 23.5 Å². The summed E-state index contributed by atoms with van der Waals surface area (Å²) >= 11 is 0. The molecule has 0 saturated carbocycles. The fourth-order valence-corrected chi connectivity index (χ4v) is 2.16. The van der Waals surface area contributed by atoms with Gasteiger partial charge in [0.15, 0.2) is 0 Å². The van der Waals surface area contributed by atoms with Gasteiger partial charge in [0.25, 0.3) is 0 Å². The average Bonchev–Trinajstić information content (AvgIpc) is 3.10. The van der Waals surface area contributed by atoms with Crippen LogP contribution in [-0.4, -0.2) is 15.8 Å². The fourth-order valence-electron chi connectivity index (χ4n) is 2.16. The third-order valence-corrected chi connectivity index (χ3v) is 3.38. The molecule has 2 amide bonds. The number of nitriles is 1. The number of para-hydroxylation sites is 1. The van der Waals surface area contributed by atoms with Crippen molar-refractivity contribution in [3.05, 3.63) is 78.1 Å². The molecule has 3 rings (SSSR count). The molecule has 0 aliphatic heterocycles. The van der Waals surface area contributed by atoms with Crippen molar-refractivity contribution < 1.29 is 4.79 Å². The number of aromatic nitrogens is 2. The first-order valence-corrected chi connectivity index (χ1v) is 7.38. The van der Waals surface area contributed by atoms with Crippen LogP contribution in [0.1, 0.15) is 11.1 Å². The Kier molecular flexibility index (Phi) is 4.54. The maximum absolute atomic E-state index is 11.9. The molecule has 118 valence electrons. The van der Waals surface area contributed by atoms with E-state index in [1.54, 1.807) is 35.1 Å². The summed E-state index contributed by atoms with van der Waals surface area (Å²) in [5.74, 6) is 0. The van der Waals surface area contributed by atoms with Crippen molar-refractivity contribution in [2.45, 2.75) is 6.54 Å². The lowest BCUT2D eigenvalue weighted by molar-refractivity contribution is 0.251. The maximum atomic E-state index is 11.9. The molecular formula is C18H15N5O. The second-order valence-electron chi connectivity index (χ2n) is 5.13. The van der Waals surface area contributed by atoms with Gasteiger partial charge in [-0.05, 0) is 36.4 Å². The van der Waals surface area contributed by atoms with E-state index < -0.39 is 0 Å². The number of urea groups is 1. The number of anilines is 1. The molecule has 24 heavy (non-hydrogen) atoms. The summed E-state index contributed by atoms with van der Waals surface area (Å²) in [7, 11) is 0. The number of rotatable bonds is 4. The molecule has 0 aliphatic carbocycles. The molecule has 0 unspecified atom stereocenters. The van der Waals surface area contributed by atoms with Crippen LogP contribution in [0.5, 0.6) is 0 Å². The largest absolute Gasteiger partial charge is 0.334 e. The number of benzene rings is 2. The highest BCUT2D eigenvalue weighted by atomic mass is 16.2. The monoisotopic (exact) mass is 317 g/mol. The van der Waals surface area contributed by atoms with E-state index in [9.17, 15) is 4.79 Å². The molecule has 0 fully saturated rings. The SMILES string of the molecule is N#Cc1ccc(NC(=O)NCc2cnn(-c3ccccc3)c2)cc1. The molecule has 0 bridgehead atoms. The van der Waals surface area contributed by atoms with Gasteiger partial charge in [0.1, 0.15) is 0 Å². The summed E-state index contributed by atoms with van der Waals surface area (Å²) in [6.07, 6.45) is 3.59. The zero-order valence-electron chi connectivity index (χ0n) is 12.8. The predicted molar refractivity (Wildman–Crippen MR) is 90.6 cm³/mol. The molecule has 2 aromatic carbocycles. The van der Waals surface area contributed by atoms with Crippen molar-refractivity contribution in [3.8, 4) is 11.8 Å². The van der Waals surface area contributed by atoms with Crippen LogP contribution in [0.4, 0.5) is 10.5 Å². The second-order valence-corrected chi connectivity index (χ2v) is 5.13. The number of hydrogen-bond donors (Lipinski definition) is 2. The quantitative estimate of drug-likeness (QED) is 0.776. The van der Waals surface area contributed by atoms with Crippen molar-refractivity contribution >= 4 is 11.7 Å². The third-order valence-electron chi connectivity index (χ3n) is 3.38. The van der Waals surface area contributed by atoms with Crippen LogP contribution in [0.25, 0.3) is 5.69 Å². The summed E-state index contributed by atoms with van der Waals surface area (Å²) in [6, 6.07) is 18.2.